The van der Waals surface area contributed by atoms with E-state index in [4.69, 9.17) is 4.74 Å². The minimum absolute atomic E-state index is 0.836. The lowest BCUT2D eigenvalue weighted by atomic mass is 10.00. The van der Waals surface area contributed by atoms with Gasteiger partial charge in [0.25, 0.3) is 0 Å². The first kappa shape index (κ1) is 14.8. The van der Waals surface area contributed by atoms with Gasteiger partial charge in [-0.05, 0) is 62.1 Å². The SMILES string of the molecule is COc1c(C)c(C)c(S(=O)c2ccccc2)c(C)c1C. The first-order valence-corrected chi connectivity index (χ1v) is 7.75. The van der Waals surface area contributed by atoms with Crippen molar-refractivity contribution < 1.29 is 8.95 Å². The molecule has 2 nitrogen and oxygen atoms in total. The zero-order valence-electron chi connectivity index (χ0n) is 12.6. The van der Waals surface area contributed by atoms with Gasteiger partial charge in [-0.15, -0.1) is 0 Å². The van der Waals surface area contributed by atoms with Crippen LogP contribution in [0.1, 0.15) is 22.3 Å². The van der Waals surface area contributed by atoms with Gasteiger partial charge in [0.1, 0.15) is 5.75 Å². The molecule has 0 aliphatic rings. The van der Waals surface area contributed by atoms with Crippen molar-refractivity contribution >= 4 is 10.8 Å². The number of benzene rings is 2. The predicted octanol–water partition coefficient (Wildman–Crippen LogP) is 4.10. The molecule has 0 saturated heterocycles. The Labute approximate surface area is 123 Å². The largest absolute Gasteiger partial charge is 0.496 e. The van der Waals surface area contributed by atoms with Crippen molar-refractivity contribution in [2.24, 2.45) is 0 Å². The molecule has 2 aromatic rings. The van der Waals surface area contributed by atoms with E-state index < -0.39 is 10.8 Å². The van der Waals surface area contributed by atoms with Gasteiger partial charge in [0.2, 0.25) is 0 Å². The van der Waals surface area contributed by atoms with Gasteiger partial charge in [-0.25, -0.2) is 4.21 Å². The minimum atomic E-state index is -1.16. The molecule has 106 valence electrons. The van der Waals surface area contributed by atoms with Crippen LogP contribution in [-0.4, -0.2) is 11.3 Å². The molecule has 3 heteroatoms. The maximum atomic E-state index is 12.9. The van der Waals surface area contributed by atoms with E-state index in [0.29, 0.717) is 0 Å². The monoisotopic (exact) mass is 288 g/mol. The molecule has 0 aromatic heterocycles. The summed E-state index contributed by atoms with van der Waals surface area (Å²) in [5.74, 6) is 0.897. The van der Waals surface area contributed by atoms with Gasteiger partial charge in [0.15, 0.2) is 0 Å². The number of rotatable bonds is 3. The van der Waals surface area contributed by atoms with Crippen molar-refractivity contribution in [3.8, 4) is 5.75 Å². The molecular weight excluding hydrogens is 268 g/mol. The van der Waals surface area contributed by atoms with E-state index in [-0.39, 0.29) is 0 Å². The smallest absolute Gasteiger partial charge is 0.125 e. The van der Waals surface area contributed by atoms with Crippen LogP contribution < -0.4 is 4.74 Å². The topological polar surface area (TPSA) is 26.3 Å². The summed E-state index contributed by atoms with van der Waals surface area (Å²) < 4.78 is 18.3. The highest BCUT2D eigenvalue weighted by atomic mass is 32.2. The van der Waals surface area contributed by atoms with Crippen molar-refractivity contribution in [3.05, 3.63) is 52.6 Å². The van der Waals surface area contributed by atoms with E-state index in [1.165, 1.54) is 0 Å². The Morgan fingerprint density at radius 3 is 1.80 bits per heavy atom. The molecule has 0 aliphatic heterocycles. The van der Waals surface area contributed by atoms with Gasteiger partial charge < -0.3 is 4.74 Å². The van der Waals surface area contributed by atoms with Crippen LogP contribution in [0.15, 0.2) is 40.1 Å². The molecule has 20 heavy (non-hydrogen) atoms. The average Bonchev–Trinajstić information content (AvgIpc) is 2.47. The molecule has 0 spiro atoms. The second-order valence-electron chi connectivity index (χ2n) is 4.94. The maximum absolute atomic E-state index is 12.9. The number of ether oxygens (including phenoxy) is 1. The molecule has 0 saturated carbocycles. The number of hydrogen-bond acceptors (Lipinski definition) is 2. The summed E-state index contributed by atoms with van der Waals surface area (Å²) in [5, 5.41) is 0. The van der Waals surface area contributed by atoms with Crippen LogP contribution in [-0.2, 0) is 10.8 Å². The third-order valence-corrected chi connectivity index (χ3v) is 5.52. The van der Waals surface area contributed by atoms with Gasteiger partial charge in [-0.1, -0.05) is 18.2 Å². The van der Waals surface area contributed by atoms with Crippen molar-refractivity contribution in [2.75, 3.05) is 7.11 Å². The van der Waals surface area contributed by atoms with Crippen molar-refractivity contribution in [1.82, 2.24) is 0 Å². The number of hydrogen-bond donors (Lipinski definition) is 0. The van der Waals surface area contributed by atoms with Crippen LogP contribution in [0.3, 0.4) is 0 Å². The molecule has 2 aromatic carbocycles. The highest BCUT2D eigenvalue weighted by Crippen LogP contribution is 2.35. The second-order valence-corrected chi connectivity index (χ2v) is 6.36. The highest BCUT2D eigenvalue weighted by Gasteiger charge is 2.20. The lowest BCUT2D eigenvalue weighted by Crippen LogP contribution is -2.05. The normalized spacial score (nSPS) is 12.2. The molecule has 0 fully saturated rings. The molecule has 1 unspecified atom stereocenters. The van der Waals surface area contributed by atoms with Gasteiger partial charge in [0, 0.05) is 4.90 Å². The summed E-state index contributed by atoms with van der Waals surface area (Å²) in [4.78, 5) is 1.75. The van der Waals surface area contributed by atoms with Crippen molar-refractivity contribution in [2.45, 2.75) is 37.5 Å². The molecule has 1 atom stereocenters. The van der Waals surface area contributed by atoms with E-state index >= 15 is 0 Å². The molecule has 0 heterocycles. The Morgan fingerprint density at radius 2 is 1.35 bits per heavy atom. The zero-order valence-corrected chi connectivity index (χ0v) is 13.4. The van der Waals surface area contributed by atoms with Crippen LogP contribution in [0.2, 0.25) is 0 Å². The standard InChI is InChI=1S/C17H20O2S/c1-11-13(3)17(14(4)12(2)16(11)19-5)20(18)15-9-7-6-8-10-15/h6-10H,1-5H3. The van der Waals surface area contributed by atoms with E-state index in [1.807, 2.05) is 58.0 Å². The first-order chi connectivity index (χ1) is 9.49. The second kappa shape index (κ2) is 5.80. The molecule has 0 radical (unpaired) electrons. The predicted molar refractivity (Wildman–Crippen MR) is 83.1 cm³/mol. The molecular formula is C17H20O2S. The van der Waals surface area contributed by atoms with E-state index in [1.54, 1.807) is 7.11 Å². The van der Waals surface area contributed by atoms with Crippen molar-refractivity contribution in [1.29, 1.82) is 0 Å². The molecule has 0 bridgehead atoms. The third-order valence-electron chi connectivity index (χ3n) is 3.83. The summed E-state index contributed by atoms with van der Waals surface area (Å²) in [5.41, 5.74) is 4.23. The lowest BCUT2D eigenvalue weighted by molar-refractivity contribution is 0.407. The van der Waals surface area contributed by atoms with E-state index in [0.717, 1.165) is 37.8 Å². The Bertz CT molecular complexity index is 631. The Morgan fingerprint density at radius 1 is 0.850 bits per heavy atom. The van der Waals surface area contributed by atoms with E-state index in [9.17, 15) is 4.21 Å². The van der Waals surface area contributed by atoms with Crippen LogP contribution in [0, 0.1) is 27.7 Å². The first-order valence-electron chi connectivity index (χ1n) is 6.60. The molecule has 2 rings (SSSR count). The van der Waals surface area contributed by atoms with Crippen LogP contribution >= 0.6 is 0 Å². The Hall–Kier alpha value is -1.61. The minimum Gasteiger partial charge on any atom is -0.496 e. The summed E-state index contributed by atoms with van der Waals surface area (Å²) in [6.45, 7) is 8.07. The van der Waals surface area contributed by atoms with Crippen LogP contribution in [0.5, 0.6) is 5.75 Å². The van der Waals surface area contributed by atoms with Gasteiger partial charge in [-0.2, -0.15) is 0 Å². The van der Waals surface area contributed by atoms with Gasteiger partial charge in [-0.3, -0.25) is 0 Å². The Kier molecular flexibility index (Phi) is 4.29. The summed E-state index contributed by atoms with van der Waals surface area (Å²) in [7, 11) is 0.526. The summed E-state index contributed by atoms with van der Waals surface area (Å²) in [6, 6.07) is 9.58. The summed E-state index contributed by atoms with van der Waals surface area (Å²) >= 11 is 0. The third kappa shape index (κ3) is 2.38. The fourth-order valence-electron chi connectivity index (χ4n) is 2.49. The fourth-order valence-corrected chi connectivity index (χ4v) is 3.99. The van der Waals surface area contributed by atoms with E-state index in [2.05, 4.69) is 0 Å². The fraction of sp³-hybridized carbons (Fsp3) is 0.294. The quantitative estimate of drug-likeness (QED) is 0.850. The highest BCUT2D eigenvalue weighted by molar-refractivity contribution is 7.85. The number of methoxy groups -OCH3 is 1. The van der Waals surface area contributed by atoms with Gasteiger partial charge >= 0.3 is 0 Å². The zero-order chi connectivity index (χ0) is 14.9. The maximum Gasteiger partial charge on any atom is 0.125 e. The van der Waals surface area contributed by atoms with Crippen LogP contribution in [0.25, 0.3) is 0 Å². The van der Waals surface area contributed by atoms with Crippen molar-refractivity contribution in [3.63, 3.8) is 0 Å². The van der Waals surface area contributed by atoms with Crippen LogP contribution in [0.4, 0.5) is 0 Å². The van der Waals surface area contributed by atoms with Gasteiger partial charge in [0.05, 0.1) is 22.8 Å². The summed E-state index contributed by atoms with van der Waals surface area (Å²) in [6.07, 6.45) is 0. The Balaban J connectivity index is 2.67. The molecule has 0 aliphatic carbocycles. The average molecular weight is 288 g/mol. The lowest BCUT2D eigenvalue weighted by Gasteiger charge is -2.19. The molecule has 0 amide bonds. The molecule has 0 N–H and O–H groups in total.